The van der Waals surface area contributed by atoms with Gasteiger partial charge in [0, 0.05) is 4.88 Å². The number of hydrogen-bond acceptors (Lipinski definition) is 6. The van der Waals surface area contributed by atoms with Gasteiger partial charge in [0.05, 0.1) is 6.04 Å². The predicted octanol–water partition coefficient (Wildman–Crippen LogP) is 1.58. The first-order chi connectivity index (χ1) is 12.3. The summed E-state index contributed by atoms with van der Waals surface area (Å²) in [6.45, 7) is 4.43. The molecule has 0 unspecified atom stereocenters. The molecule has 2 N–H and O–H groups in total. The number of nitrogens with one attached hydrogen (secondary N) is 2. The highest BCUT2D eigenvalue weighted by atomic mass is 32.1. The Morgan fingerprint density at radius 2 is 2.04 bits per heavy atom. The Balaban J connectivity index is 1.82. The largest absolute Gasteiger partial charge is 0.454 e. The molecule has 2 heterocycles. The zero-order valence-electron chi connectivity index (χ0n) is 15.0. The van der Waals surface area contributed by atoms with Crippen molar-refractivity contribution in [1.82, 2.24) is 15.5 Å². The fraction of sp³-hybridized carbons (Fsp3) is 0.529. The lowest BCUT2D eigenvalue weighted by molar-refractivity contribution is -0.151. The Bertz CT molecular complexity index is 685. The van der Waals surface area contributed by atoms with Crippen molar-refractivity contribution in [3.63, 3.8) is 0 Å². The fourth-order valence-corrected chi connectivity index (χ4v) is 3.50. The average molecular weight is 381 g/mol. The van der Waals surface area contributed by atoms with Gasteiger partial charge in [0.2, 0.25) is 0 Å². The molecule has 1 fully saturated rings. The van der Waals surface area contributed by atoms with Crippen LogP contribution >= 0.6 is 11.3 Å². The molecule has 1 saturated heterocycles. The zero-order chi connectivity index (χ0) is 19.3. The van der Waals surface area contributed by atoms with Crippen molar-refractivity contribution in [2.75, 3.05) is 13.2 Å². The minimum Gasteiger partial charge on any atom is -0.454 e. The highest BCUT2D eigenvalue weighted by molar-refractivity contribution is 7.10. The maximum atomic E-state index is 12.4. The molecule has 0 spiro atoms. The predicted molar refractivity (Wildman–Crippen MR) is 95.4 cm³/mol. The van der Waals surface area contributed by atoms with E-state index in [1.807, 2.05) is 24.4 Å². The molecular weight excluding hydrogens is 358 g/mol. The molecule has 2 rings (SSSR count). The van der Waals surface area contributed by atoms with E-state index in [1.165, 1.54) is 11.3 Å². The summed E-state index contributed by atoms with van der Waals surface area (Å²) >= 11 is 1.51. The van der Waals surface area contributed by atoms with Gasteiger partial charge in [-0.25, -0.2) is 4.79 Å². The van der Waals surface area contributed by atoms with Crippen LogP contribution in [0, 0.1) is 0 Å². The van der Waals surface area contributed by atoms with E-state index in [0.717, 1.165) is 9.78 Å². The van der Waals surface area contributed by atoms with Crippen LogP contribution in [0.4, 0.5) is 4.79 Å². The molecule has 4 amide bonds. The summed E-state index contributed by atoms with van der Waals surface area (Å²) in [5.41, 5.74) is -0.967. The van der Waals surface area contributed by atoms with Gasteiger partial charge in [-0.1, -0.05) is 19.9 Å². The standard InChI is InChI=1S/C17H23N3O5S/c1-4-17(5-2)15(23)20(16(24)19-17)9-14(22)25-10-13(21)18-11(3)12-7-6-8-26-12/h6-8,11H,4-5,9-10H2,1-3H3,(H,18,21)(H,19,24)/t11-/m0/s1. The van der Waals surface area contributed by atoms with Crippen LogP contribution in [0.5, 0.6) is 0 Å². The van der Waals surface area contributed by atoms with Crippen molar-refractivity contribution in [2.24, 2.45) is 0 Å². The number of urea groups is 1. The Morgan fingerprint density at radius 3 is 2.58 bits per heavy atom. The summed E-state index contributed by atoms with van der Waals surface area (Å²) in [7, 11) is 0. The van der Waals surface area contributed by atoms with Crippen LogP contribution in [0.1, 0.15) is 44.5 Å². The molecule has 0 bridgehead atoms. The summed E-state index contributed by atoms with van der Waals surface area (Å²) in [4.78, 5) is 50.0. The third-order valence-electron chi connectivity index (χ3n) is 4.45. The number of thiophene rings is 1. The SMILES string of the molecule is CCC1(CC)NC(=O)N(CC(=O)OCC(=O)N[C@@H](C)c2cccs2)C1=O. The van der Waals surface area contributed by atoms with Crippen LogP contribution in [0.2, 0.25) is 0 Å². The topological polar surface area (TPSA) is 105 Å². The van der Waals surface area contributed by atoms with Gasteiger partial charge in [0.25, 0.3) is 11.8 Å². The second kappa shape index (κ2) is 8.31. The molecule has 0 aliphatic carbocycles. The molecule has 0 saturated carbocycles. The average Bonchev–Trinajstić information content (AvgIpc) is 3.23. The van der Waals surface area contributed by atoms with E-state index in [9.17, 15) is 19.2 Å². The lowest BCUT2D eigenvalue weighted by Gasteiger charge is -2.22. The monoisotopic (exact) mass is 381 g/mol. The quantitative estimate of drug-likeness (QED) is 0.525. The van der Waals surface area contributed by atoms with Crippen LogP contribution in [-0.4, -0.2) is 47.4 Å². The maximum absolute atomic E-state index is 12.4. The van der Waals surface area contributed by atoms with E-state index in [1.54, 1.807) is 13.8 Å². The number of carbonyl (C=O) groups is 4. The first kappa shape index (κ1) is 19.9. The molecule has 0 aromatic carbocycles. The zero-order valence-corrected chi connectivity index (χ0v) is 15.9. The van der Waals surface area contributed by atoms with Gasteiger partial charge in [-0.15, -0.1) is 11.3 Å². The second-order valence-electron chi connectivity index (χ2n) is 6.08. The van der Waals surface area contributed by atoms with Gasteiger partial charge in [0.1, 0.15) is 12.1 Å². The summed E-state index contributed by atoms with van der Waals surface area (Å²) in [5, 5.41) is 7.25. The minimum absolute atomic E-state index is 0.193. The molecular formula is C17H23N3O5S. The van der Waals surface area contributed by atoms with E-state index < -0.39 is 42.5 Å². The highest BCUT2D eigenvalue weighted by Crippen LogP contribution is 2.24. The third kappa shape index (κ3) is 4.21. The number of amides is 4. The molecule has 1 aromatic heterocycles. The molecule has 0 radical (unpaired) electrons. The molecule has 8 nitrogen and oxygen atoms in total. The van der Waals surface area contributed by atoms with Gasteiger partial charge in [-0.3, -0.25) is 19.3 Å². The van der Waals surface area contributed by atoms with Gasteiger partial charge in [-0.2, -0.15) is 0 Å². The van der Waals surface area contributed by atoms with Gasteiger partial charge >= 0.3 is 12.0 Å². The third-order valence-corrected chi connectivity index (χ3v) is 5.51. The van der Waals surface area contributed by atoms with Crippen molar-refractivity contribution >= 4 is 35.2 Å². The molecule has 1 aliphatic heterocycles. The normalized spacial score (nSPS) is 17.0. The Labute approximate surface area is 155 Å². The molecule has 26 heavy (non-hydrogen) atoms. The number of esters is 1. The first-order valence-corrected chi connectivity index (χ1v) is 9.33. The summed E-state index contributed by atoms with van der Waals surface area (Å²) in [6.07, 6.45) is 0.866. The Hall–Kier alpha value is -2.42. The molecule has 1 atom stereocenters. The molecule has 9 heteroatoms. The van der Waals surface area contributed by atoms with Crippen LogP contribution in [0.15, 0.2) is 17.5 Å². The number of carbonyl (C=O) groups excluding carboxylic acids is 4. The van der Waals surface area contributed by atoms with Crippen molar-refractivity contribution in [3.8, 4) is 0 Å². The van der Waals surface area contributed by atoms with Gasteiger partial charge in [0.15, 0.2) is 6.61 Å². The van der Waals surface area contributed by atoms with Crippen molar-refractivity contribution in [3.05, 3.63) is 22.4 Å². The van der Waals surface area contributed by atoms with E-state index in [2.05, 4.69) is 10.6 Å². The number of rotatable bonds is 8. The second-order valence-corrected chi connectivity index (χ2v) is 7.06. The fourth-order valence-electron chi connectivity index (χ4n) is 2.76. The summed E-state index contributed by atoms with van der Waals surface area (Å²) < 4.78 is 4.89. The maximum Gasteiger partial charge on any atom is 0.326 e. The number of ether oxygens (including phenoxy) is 1. The van der Waals surface area contributed by atoms with Gasteiger partial charge < -0.3 is 15.4 Å². The van der Waals surface area contributed by atoms with Gasteiger partial charge in [-0.05, 0) is 31.2 Å². The van der Waals surface area contributed by atoms with Crippen molar-refractivity contribution < 1.29 is 23.9 Å². The lowest BCUT2D eigenvalue weighted by Crippen LogP contribution is -2.46. The Kier molecular flexibility index (Phi) is 6.36. The van der Waals surface area contributed by atoms with Crippen LogP contribution in [0.25, 0.3) is 0 Å². The van der Waals surface area contributed by atoms with E-state index in [0.29, 0.717) is 12.8 Å². The van der Waals surface area contributed by atoms with E-state index >= 15 is 0 Å². The van der Waals surface area contributed by atoms with E-state index in [-0.39, 0.29) is 6.04 Å². The lowest BCUT2D eigenvalue weighted by atomic mass is 9.93. The molecule has 1 aromatic rings. The first-order valence-electron chi connectivity index (χ1n) is 8.45. The molecule has 142 valence electrons. The van der Waals surface area contributed by atoms with Crippen LogP contribution in [-0.2, 0) is 19.1 Å². The highest BCUT2D eigenvalue weighted by Gasteiger charge is 2.49. The number of nitrogens with zero attached hydrogens (tertiary/aromatic N) is 1. The molecule has 1 aliphatic rings. The van der Waals surface area contributed by atoms with Crippen LogP contribution < -0.4 is 10.6 Å². The number of imide groups is 1. The minimum atomic E-state index is -0.967. The van der Waals surface area contributed by atoms with E-state index in [4.69, 9.17) is 4.74 Å². The summed E-state index contributed by atoms with van der Waals surface area (Å²) in [5.74, 6) is -1.71. The number of hydrogen-bond donors (Lipinski definition) is 2. The smallest absolute Gasteiger partial charge is 0.326 e. The Morgan fingerprint density at radius 1 is 1.35 bits per heavy atom. The van der Waals surface area contributed by atoms with Crippen LogP contribution in [0.3, 0.4) is 0 Å². The van der Waals surface area contributed by atoms with Crippen molar-refractivity contribution in [2.45, 2.75) is 45.2 Å². The van der Waals surface area contributed by atoms with Crippen molar-refractivity contribution in [1.29, 1.82) is 0 Å². The summed E-state index contributed by atoms with van der Waals surface area (Å²) in [6, 6.07) is 2.97.